The molecule has 8 heteroatoms. The van der Waals surface area contributed by atoms with Crippen molar-refractivity contribution >= 4 is 21.8 Å². The Morgan fingerprint density at radius 1 is 1.30 bits per heavy atom. The van der Waals surface area contributed by atoms with Crippen molar-refractivity contribution in [1.82, 2.24) is 4.98 Å². The average Bonchev–Trinajstić information content (AvgIpc) is 3.29. The third-order valence-corrected chi connectivity index (χ3v) is 5.67. The second-order valence-electron chi connectivity index (χ2n) is 6.22. The lowest BCUT2D eigenvalue weighted by molar-refractivity contribution is 0.0592. The fourth-order valence-electron chi connectivity index (χ4n) is 1.86. The minimum Gasteiger partial charge on any atom is -0.465 e. The molecule has 1 saturated carbocycles. The minimum absolute atomic E-state index is 0.179. The molecule has 0 aromatic carbocycles. The molecule has 0 spiro atoms. The first-order valence-corrected chi connectivity index (χ1v) is 8.77. The number of hydrogen-bond donors (Lipinski definition) is 0. The number of nitrogens with zero attached hydrogens (tertiary/aromatic N) is 2. The molecule has 1 aliphatic carbocycles. The number of ether oxygens (including phenoxy) is 2. The summed E-state index contributed by atoms with van der Waals surface area (Å²) in [6.07, 6.45) is 1.83. The van der Waals surface area contributed by atoms with Gasteiger partial charge < -0.3 is 9.47 Å². The van der Waals surface area contributed by atoms with Crippen LogP contribution in [0.2, 0.25) is 0 Å². The van der Waals surface area contributed by atoms with Crippen molar-refractivity contribution < 1.29 is 23.3 Å². The Labute approximate surface area is 135 Å². The van der Waals surface area contributed by atoms with Gasteiger partial charge in [-0.05, 0) is 45.7 Å². The van der Waals surface area contributed by atoms with Crippen molar-refractivity contribution in [3.8, 4) is 0 Å². The maximum absolute atomic E-state index is 13.2. The van der Waals surface area contributed by atoms with Crippen LogP contribution in [0.3, 0.4) is 0 Å². The van der Waals surface area contributed by atoms with E-state index >= 15 is 0 Å². The molecule has 1 aromatic rings. The number of esters is 1. The second-order valence-corrected chi connectivity index (χ2v) is 8.62. The third kappa shape index (κ3) is 4.28. The largest absolute Gasteiger partial charge is 0.465 e. The summed E-state index contributed by atoms with van der Waals surface area (Å²) in [5.74, 6) is -0.536. The van der Waals surface area contributed by atoms with Crippen molar-refractivity contribution in [2.45, 2.75) is 49.5 Å². The maximum atomic E-state index is 13.2. The summed E-state index contributed by atoms with van der Waals surface area (Å²) in [6, 6.07) is 2.90. The zero-order valence-electron chi connectivity index (χ0n) is 13.6. The van der Waals surface area contributed by atoms with Crippen molar-refractivity contribution in [2.24, 2.45) is 4.36 Å². The van der Waals surface area contributed by atoms with Gasteiger partial charge in [-0.1, -0.05) is 0 Å². The molecular formula is C15H20N2O5S. The first kappa shape index (κ1) is 17.4. The summed E-state index contributed by atoms with van der Waals surface area (Å²) in [4.78, 5) is 27.4. The van der Waals surface area contributed by atoms with Crippen LogP contribution in [-0.2, 0) is 19.2 Å². The molecule has 1 atom stereocenters. The molecule has 1 amide bonds. The molecule has 0 saturated heterocycles. The Bertz CT molecular complexity index is 723. The van der Waals surface area contributed by atoms with Crippen LogP contribution in [0.25, 0.3) is 0 Å². The highest BCUT2D eigenvalue weighted by atomic mass is 32.2. The highest BCUT2D eigenvalue weighted by Crippen LogP contribution is 2.35. The minimum atomic E-state index is -3.01. The summed E-state index contributed by atoms with van der Waals surface area (Å²) in [5.41, 5.74) is -0.474. The molecule has 0 bridgehead atoms. The third-order valence-electron chi connectivity index (χ3n) is 3.04. The molecule has 7 nitrogen and oxygen atoms in total. The van der Waals surface area contributed by atoms with Gasteiger partial charge in [-0.2, -0.15) is 0 Å². The smallest absolute Gasteiger partial charge is 0.442 e. The summed E-state index contributed by atoms with van der Waals surface area (Å²) < 4.78 is 26.7. The van der Waals surface area contributed by atoms with Crippen molar-refractivity contribution in [3.63, 3.8) is 0 Å². The molecular weight excluding hydrogens is 320 g/mol. The Hall–Kier alpha value is -1.96. The Morgan fingerprint density at radius 3 is 2.39 bits per heavy atom. The fraction of sp³-hybridized carbons (Fsp3) is 0.533. The van der Waals surface area contributed by atoms with Gasteiger partial charge in [-0.15, -0.1) is 4.36 Å². The average molecular weight is 340 g/mol. The second kappa shape index (κ2) is 6.27. The van der Waals surface area contributed by atoms with Gasteiger partial charge in [0.15, 0.2) is 0 Å². The van der Waals surface area contributed by atoms with Crippen LogP contribution in [-0.4, -0.2) is 39.2 Å². The zero-order valence-corrected chi connectivity index (χ0v) is 14.4. The van der Waals surface area contributed by atoms with E-state index in [9.17, 15) is 13.8 Å². The van der Waals surface area contributed by atoms with Crippen LogP contribution in [0.1, 0.15) is 44.0 Å². The zero-order chi connectivity index (χ0) is 17.3. The number of amides is 1. The predicted octanol–water partition coefficient (Wildman–Crippen LogP) is 2.79. The van der Waals surface area contributed by atoms with Crippen LogP contribution < -0.4 is 0 Å². The Morgan fingerprint density at radius 2 is 1.96 bits per heavy atom. The van der Waals surface area contributed by atoms with E-state index in [4.69, 9.17) is 4.74 Å². The number of rotatable bonds is 3. The molecule has 1 fully saturated rings. The Kier molecular flexibility index (Phi) is 4.74. The highest BCUT2D eigenvalue weighted by molar-refractivity contribution is 7.94. The van der Waals surface area contributed by atoms with E-state index in [0.717, 1.165) is 0 Å². The van der Waals surface area contributed by atoms with Gasteiger partial charge in [0.25, 0.3) is 0 Å². The molecule has 1 heterocycles. The molecule has 126 valence electrons. The van der Waals surface area contributed by atoms with Gasteiger partial charge in [-0.3, -0.25) is 0 Å². The predicted molar refractivity (Wildman–Crippen MR) is 83.7 cm³/mol. The van der Waals surface area contributed by atoms with E-state index in [1.165, 1.54) is 25.4 Å². The van der Waals surface area contributed by atoms with E-state index in [-0.39, 0.29) is 15.8 Å². The van der Waals surface area contributed by atoms with Crippen molar-refractivity contribution in [1.29, 1.82) is 0 Å². The quantitative estimate of drug-likeness (QED) is 0.785. The van der Waals surface area contributed by atoms with E-state index < -0.39 is 27.4 Å². The van der Waals surface area contributed by atoms with Crippen LogP contribution in [0.4, 0.5) is 4.79 Å². The van der Waals surface area contributed by atoms with Crippen LogP contribution in [0, 0.1) is 0 Å². The van der Waals surface area contributed by atoms with Gasteiger partial charge in [0.05, 0.1) is 12.7 Å². The molecule has 1 aromatic heterocycles. The molecule has 0 radical (unpaired) electrons. The molecule has 0 N–H and O–H groups in total. The molecule has 1 aliphatic rings. The van der Waals surface area contributed by atoms with Crippen molar-refractivity contribution in [3.05, 3.63) is 23.9 Å². The van der Waals surface area contributed by atoms with E-state index in [2.05, 4.69) is 14.1 Å². The van der Waals surface area contributed by atoms with Gasteiger partial charge in [0, 0.05) is 11.4 Å². The van der Waals surface area contributed by atoms with Gasteiger partial charge in [0.2, 0.25) is 0 Å². The number of pyridine rings is 1. The topological polar surface area (TPSA) is 94.9 Å². The summed E-state index contributed by atoms with van der Waals surface area (Å²) in [6.45, 7) is 5.13. The van der Waals surface area contributed by atoms with Crippen LogP contribution in [0.5, 0.6) is 0 Å². The van der Waals surface area contributed by atoms with E-state index in [1.54, 1.807) is 20.8 Å². The highest BCUT2D eigenvalue weighted by Gasteiger charge is 2.37. The normalized spacial score (nSPS) is 17.0. The standard InChI is InChI=1S/C15H20N2O5S/c1-15(2,3)22-14(19)17-23(20,11-6-7-11)12-8-5-10(9-16-12)13(18)21-4/h5,8-9,11H,6-7H2,1-4H3. The van der Waals surface area contributed by atoms with Gasteiger partial charge in [0.1, 0.15) is 20.4 Å². The number of carbonyl (C=O) groups is 2. The Balaban J connectivity index is 2.36. The van der Waals surface area contributed by atoms with Gasteiger partial charge >= 0.3 is 12.1 Å². The first-order chi connectivity index (χ1) is 10.7. The summed E-state index contributed by atoms with van der Waals surface area (Å²) >= 11 is 0. The number of hydrogen-bond acceptors (Lipinski definition) is 6. The molecule has 0 aliphatic heterocycles. The lowest BCUT2D eigenvalue weighted by Crippen LogP contribution is -2.23. The SMILES string of the molecule is COC(=O)c1ccc(S(=O)(=NC(=O)OC(C)(C)C)C2CC2)nc1. The van der Waals surface area contributed by atoms with Crippen LogP contribution in [0.15, 0.2) is 27.7 Å². The number of methoxy groups -OCH3 is 1. The first-order valence-electron chi connectivity index (χ1n) is 7.19. The number of aromatic nitrogens is 1. The number of carbonyl (C=O) groups excluding carboxylic acids is 2. The maximum Gasteiger partial charge on any atom is 0.442 e. The fourth-order valence-corrected chi connectivity index (χ4v) is 3.95. The lowest BCUT2D eigenvalue weighted by Gasteiger charge is -2.18. The monoisotopic (exact) mass is 340 g/mol. The molecule has 23 heavy (non-hydrogen) atoms. The van der Waals surface area contributed by atoms with E-state index in [0.29, 0.717) is 12.8 Å². The van der Waals surface area contributed by atoms with Crippen LogP contribution >= 0.6 is 0 Å². The van der Waals surface area contributed by atoms with E-state index in [1.807, 2.05) is 0 Å². The van der Waals surface area contributed by atoms with Gasteiger partial charge in [-0.25, -0.2) is 18.8 Å². The molecule has 1 unspecified atom stereocenters. The summed E-state index contributed by atoms with van der Waals surface area (Å²) in [5, 5.41) is -0.0370. The summed E-state index contributed by atoms with van der Waals surface area (Å²) in [7, 11) is -1.74. The lowest BCUT2D eigenvalue weighted by atomic mass is 10.2. The van der Waals surface area contributed by atoms with Crippen molar-refractivity contribution in [2.75, 3.05) is 7.11 Å². The molecule has 2 rings (SSSR count).